The lowest BCUT2D eigenvalue weighted by Crippen LogP contribution is -2.12. The first kappa shape index (κ1) is 18.4. The van der Waals surface area contributed by atoms with Crippen LogP contribution in [0.4, 0.5) is 4.39 Å². The number of ether oxygens (including phenoxy) is 3. The largest absolute Gasteiger partial charge is 0.493 e. The molecular formula is C19H19FO5. The van der Waals surface area contributed by atoms with Crippen molar-refractivity contribution >= 4 is 11.9 Å². The van der Waals surface area contributed by atoms with Gasteiger partial charge in [0.05, 0.1) is 24.8 Å². The molecule has 0 aliphatic carbocycles. The highest BCUT2D eigenvalue weighted by atomic mass is 19.1. The molecule has 0 aromatic heterocycles. The van der Waals surface area contributed by atoms with Gasteiger partial charge in [-0.05, 0) is 42.3 Å². The van der Waals surface area contributed by atoms with Gasteiger partial charge >= 0.3 is 11.9 Å². The van der Waals surface area contributed by atoms with Crippen LogP contribution in [-0.4, -0.2) is 25.7 Å². The van der Waals surface area contributed by atoms with Gasteiger partial charge < -0.3 is 14.2 Å². The molecule has 25 heavy (non-hydrogen) atoms. The molecular weight excluding hydrogens is 327 g/mol. The Labute approximate surface area is 145 Å². The van der Waals surface area contributed by atoms with E-state index in [1.165, 1.54) is 43.5 Å². The standard InChI is InChI=1S/C19H19FO5/c1-12(2)11-24-18(21)13-4-6-14(7-5-13)19(22)25-16-9-8-15(20)10-17(16)23-3/h4-10,12H,11H2,1-3H3. The van der Waals surface area contributed by atoms with Crippen molar-refractivity contribution < 1.29 is 28.2 Å². The number of carbonyl (C=O) groups excluding carboxylic acids is 2. The number of hydrogen-bond donors (Lipinski definition) is 0. The van der Waals surface area contributed by atoms with Crippen molar-refractivity contribution in [2.24, 2.45) is 5.92 Å². The molecule has 2 rings (SSSR count). The van der Waals surface area contributed by atoms with Crippen LogP contribution in [0.2, 0.25) is 0 Å². The summed E-state index contributed by atoms with van der Waals surface area (Å²) in [5, 5.41) is 0. The van der Waals surface area contributed by atoms with Crippen LogP contribution in [0.3, 0.4) is 0 Å². The van der Waals surface area contributed by atoms with Gasteiger partial charge in [0.25, 0.3) is 0 Å². The molecule has 0 atom stereocenters. The average Bonchev–Trinajstić information content (AvgIpc) is 2.61. The molecule has 0 aliphatic heterocycles. The number of benzene rings is 2. The highest BCUT2D eigenvalue weighted by Gasteiger charge is 2.14. The monoisotopic (exact) mass is 346 g/mol. The molecule has 0 radical (unpaired) electrons. The lowest BCUT2D eigenvalue weighted by Gasteiger charge is -2.10. The highest BCUT2D eigenvalue weighted by Crippen LogP contribution is 2.28. The molecule has 132 valence electrons. The summed E-state index contributed by atoms with van der Waals surface area (Å²) in [5.74, 6) is -1.14. The molecule has 0 unspecified atom stereocenters. The maximum atomic E-state index is 13.2. The first-order chi connectivity index (χ1) is 11.9. The maximum Gasteiger partial charge on any atom is 0.343 e. The molecule has 0 saturated heterocycles. The number of carbonyl (C=O) groups is 2. The van der Waals surface area contributed by atoms with Crippen LogP contribution in [0.25, 0.3) is 0 Å². The highest BCUT2D eigenvalue weighted by molar-refractivity contribution is 5.94. The van der Waals surface area contributed by atoms with Gasteiger partial charge in [-0.15, -0.1) is 0 Å². The van der Waals surface area contributed by atoms with Crippen LogP contribution >= 0.6 is 0 Å². The zero-order valence-corrected chi connectivity index (χ0v) is 14.2. The van der Waals surface area contributed by atoms with E-state index in [-0.39, 0.29) is 23.0 Å². The first-order valence-electron chi connectivity index (χ1n) is 7.73. The van der Waals surface area contributed by atoms with Gasteiger partial charge in [-0.25, -0.2) is 14.0 Å². The summed E-state index contributed by atoms with van der Waals surface area (Å²) in [5.41, 5.74) is 0.586. The number of halogens is 1. The van der Waals surface area contributed by atoms with Gasteiger partial charge in [0, 0.05) is 6.07 Å². The minimum atomic E-state index is -0.646. The molecule has 2 aromatic rings. The zero-order chi connectivity index (χ0) is 18.4. The summed E-state index contributed by atoms with van der Waals surface area (Å²) >= 11 is 0. The van der Waals surface area contributed by atoms with Crippen LogP contribution in [0.1, 0.15) is 34.6 Å². The summed E-state index contributed by atoms with van der Waals surface area (Å²) < 4.78 is 28.5. The third kappa shape index (κ3) is 5.04. The number of rotatable bonds is 6. The molecule has 2 aromatic carbocycles. The summed E-state index contributed by atoms with van der Waals surface area (Å²) in [6, 6.07) is 9.50. The smallest absolute Gasteiger partial charge is 0.343 e. The average molecular weight is 346 g/mol. The molecule has 0 bridgehead atoms. The molecule has 0 amide bonds. The van der Waals surface area contributed by atoms with E-state index in [9.17, 15) is 14.0 Å². The van der Waals surface area contributed by atoms with Gasteiger partial charge in [0.15, 0.2) is 11.5 Å². The minimum Gasteiger partial charge on any atom is -0.493 e. The van der Waals surface area contributed by atoms with Crippen LogP contribution in [0, 0.1) is 11.7 Å². The molecule has 0 saturated carbocycles. The van der Waals surface area contributed by atoms with Gasteiger partial charge in [0.2, 0.25) is 0 Å². The molecule has 0 spiro atoms. The fourth-order valence-corrected chi connectivity index (χ4v) is 1.95. The van der Waals surface area contributed by atoms with Crippen molar-refractivity contribution in [1.29, 1.82) is 0 Å². The third-order valence-electron chi connectivity index (χ3n) is 3.23. The fourth-order valence-electron chi connectivity index (χ4n) is 1.95. The molecule has 6 heteroatoms. The van der Waals surface area contributed by atoms with Gasteiger partial charge in [0.1, 0.15) is 5.82 Å². The Morgan fingerprint density at radius 2 is 1.56 bits per heavy atom. The maximum absolute atomic E-state index is 13.2. The van der Waals surface area contributed by atoms with Gasteiger partial charge in [-0.2, -0.15) is 0 Å². The van der Waals surface area contributed by atoms with E-state index in [0.717, 1.165) is 6.07 Å². The summed E-state index contributed by atoms with van der Waals surface area (Å²) in [7, 11) is 1.35. The van der Waals surface area contributed by atoms with E-state index >= 15 is 0 Å². The summed E-state index contributed by atoms with van der Waals surface area (Å²) in [4.78, 5) is 24.0. The number of methoxy groups -OCH3 is 1. The van der Waals surface area contributed by atoms with Crippen molar-refractivity contribution in [1.82, 2.24) is 0 Å². The van der Waals surface area contributed by atoms with Gasteiger partial charge in [-0.3, -0.25) is 0 Å². The zero-order valence-electron chi connectivity index (χ0n) is 14.2. The van der Waals surface area contributed by atoms with E-state index < -0.39 is 17.8 Å². The molecule has 0 fully saturated rings. The van der Waals surface area contributed by atoms with Crippen molar-refractivity contribution in [2.45, 2.75) is 13.8 Å². The Morgan fingerprint density at radius 3 is 2.12 bits per heavy atom. The van der Waals surface area contributed by atoms with Crippen LogP contribution in [-0.2, 0) is 4.74 Å². The van der Waals surface area contributed by atoms with Crippen LogP contribution in [0.15, 0.2) is 42.5 Å². The van der Waals surface area contributed by atoms with Crippen molar-refractivity contribution in [3.8, 4) is 11.5 Å². The van der Waals surface area contributed by atoms with E-state index in [0.29, 0.717) is 12.2 Å². The predicted molar refractivity (Wildman–Crippen MR) is 89.5 cm³/mol. The van der Waals surface area contributed by atoms with Crippen molar-refractivity contribution in [3.63, 3.8) is 0 Å². The SMILES string of the molecule is COc1cc(F)ccc1OC(=O)c1ccc(C(=O)OCC(C)C)cc1. The lowest BCUT2D eigenvalue weighted by atomic mass is 10.1. The van der Waals surface area contributed by atoms with E-state index in [4.69, 9.17) is 14.2 Å². The Kier molecular flexibility index (Phi) is 6.11. The summed E-state index contributed by atoms with van der Waals surface area (Å²) in [6.45, 7) is 4.21. The second-order valence-electron chi connectivity index (χ2n) is 5.75. The van der Waals surface area contributed by atoms with Crippen LogP contribution < -0.4 is 9.47 Å². The predicted octanol–water partition coefficient (Wildman–Crippen LogP) is 3.87. The Morgan fingerprint density at radius 1 is 0.960 bits per heavy atom. The lowest BCUT2D eigenvalue weighted by molar-refractivity contribution is 0.0458. The Hall–Kier alpha value is -2.89. The second kappa shape index (κ2) is 8.28. The third-order valence-corrected chi connectivity index (χ3v) is 3.23. The molecule has 5 nitrogen and oxygen atoms in total. The number of esters is 2. The molecule has 0 N–H and O–H groups in total. The van der Waals surface area contributed by atoms with Gasteiger partial charge in [-0.1, -0.05) is 13.8 Å². The number of hydrogen-bond acceptors (Lipinski definition) is 5. The quantitative estimate of drug-likeness (QED) is 0.587. The Balaban J connectivity index is 2.07. The summed E-state index contributed by atoms with van der Waals surface area (Å²) in [6.07, 6.45) is 0. The minimum absolute atomic E-state index is 0.106. The van der Waals surface area contributed by atoms with E-state index in [1.54, 1.807) is 0 Å². The van der Waals surface area contributed by atoms with Crippen molar-refractivity contribution in [2.75, 3.05) is 13.7 Å². The molecule has 0 heterocycles. The van der Waals surface area contributed by atoms with Crippen LogP contribution in [0.5, 0.6) is 11.5 Å². The van der Waals surface area contributed by atoms with E-state index in [2.05, 4.69) is 0 Å². The normalized spacial score (nSPS) is 10.4. The Bertz CT molecular complexity index is 753. The first-order valence-corrected chi connectivity index (χ1v) is 7.73. The van der Waals surface area contributed by atoms with Crippen molar-refractivity contribution in [3.05, 3.63) is 59.4 Å². The molecule has 0 aliphatic rings. The fraction of sp³-hybridized carbons (Fsp3) is 0.263. The second-order valence-corrected chi connectivity index (χ2v) is 5.75. The van der Waals surface area contributed by atoms with E-state index in [1.807, 2.05) is 13.8 Å². The topological polar surface area (TPSA) is 61.8 Å².